The average Bonchev–Trinajstić information content (AvgIpc) is 3.17. The highest BCUT2D eigenvalue weighted by Crippen LogP contribution is 2.58. The van der Waals surface area contributed by atoms with Crippen molar-refractivity contribution >= 4 is 35.6 Å². The van der Waals surface area contributed by atoms with E-state index < -0.39 is 83.2 Å². The Labute approximate surface area is 196 Å². The van der Waals surface area contributed by atoms with Crippen LogP contribution >= 0.6 is 0 Å². The molecular weight excluding hydrogens is 444 g/mol. The number of carboxylic acids is 2. The summed E-state index contributed by atoms with van der Waals surface area (Å²) in [5, 5.41) is 19.5. The molecule has 5 aliphatic rings. The lowest BCUT2D eigenvalue weighted by atomic mass is 9.54. The van der Waals surface area contributed by atoms with Gasteiger partial charge in [-0.3, -0.25) is 29.0 Å². The zero-order valence-electron chi connectivity index (χ0n) is 19.6. The fraction of sp³-hybridized carbons (Fsp3) is 0.667. The fourth-order valence-corrected chi connectivity index (χ4v) is 6.41. The van der Waals surface area contributed by atoms with Gasteiger partial charge in [-0.1, -0.05) is 39.8 Å². The number of allylic oxidation sites excluding steroid dienone is 2. The average molecular weight is 475 g/mol. The first-order valence-corrected chi connectivity index (χ1v) is 11.8. The van der Waals surface area contributed by atoms with Gasteiger partial charge in [-0.15, -0.1) is 0 Å². The summed E-state index contributed by atoms with van der Waals surface area (Å²) in [5.41, 5.74) is 0. The number of imide groups is 2. The molecular formula is C24H30N2O8. The maximum Gasteiger partial charge on any atom is 0.326 e. The van der Waals surface area contributed by atoms with Gasteiger partial charge in [0.15, 0.2) is 0 Å². The number of nitrogens with zero attached hydrogens (tertiary/aromatic N) is 2. The number of amides is 4. The number of carbonyl (C=O) groups excluding carboxylic acids is 4. The second-order valence-corrected chi connectivity index (χ2v) is 10.7. The van der Waals surface area contributed by atoms with Crippen LogP contribution in [-0.4, -0.2) is 67.7 Å². The Balaban J connectivity index is 1.70. The quantitative estimate of drug-likeness (QED) is 0.391. The van der Waals surface area contributed by atoms with Gasteiger partial charge in [-0.2, -0.15) is 0 Å². The summed E-state index contributed by atoms with van der Waals surface area (Å²) >= 11 is 0. The summed E-state index contributed by atoms with van der Waals surface area (Å²) in [6, 6.07) is -2.62. The van der Waals surface area contributed by atoms with Gasteiger partial charge in [0.05, 0.1) is 23.7 Å². The Morgan fingerprint density at radius 2 is 0.941 bits per heavy atom. The van der Waals surface area contributed by atoms with E-state index in [2.05, 4.69) is 0 Å². The van der Waals surface area contributed by atoms with Crippen LogP contribution in [0.15, 0.2) is 12.2 Å². The first-order valence-electron chi connectivity index (χ1n) is 11.8. The van der Waals surface area contributed by atoms with Crippen molar-refractivity contribution < 1.29 is 39.0 Å². The van der Waals surface area contributed by atoms with Crippen molar-refractivity contribution in [1.82, 2.24) is 9.80 Å². The molecule has 0 spiro atoms. The SMILES string of the molecule is CC(C)C[C@H](C(=O)O)N1C(=O)[C@@H]2C3C=CC([C@@H]2C1=O)[C@@H]1C(=O)N([C@H](CC(C)C)C(=O)O)C(=O)[C@@H]31. The number of hydrogen-bond acceptors (Lipinski definition) is 6. The summed E-state index contributed by atoms with van der Waals surface area (Å²) in [4.78, 5) is 79.2. The van der Waals surface area contributed by atoms with E-state index in [1.807, 2.05) is 0 Å². The van der Waals surface area contributed by atoms with Crippen LogP contribution in [0.3, 0.4) is 0 Å². The van der Waals surface area contributed by atoms with Crippen molar-refractivity contribution in [3.63, 3.8) is 0 Å². The van der Waals surface area contributed by atoms with Gasteiger partial charge in [0.25, 0.3) is 0 Å². The zero-order valence-corrected chi connectivity index (χ0v) is 19.6. The minimum absolute atomic E-state index is 0.0795. The Bertz CT molecular complexity index is 879. The molecule has 10 nitrogen and oxygen atoms in total. The van der Waals surface area contributed by atoms with Gasteiger partial charge >= 0.3 is 11.9 Å². The number of aliphatic carboxylic acids is 2. The van der Waals surface area contributed by atoms with Crippen LogP contribution in [0.25, 0.3) is 0 Å². The Morgan fingerprint density at radius 3 is 1.15 bits per heavy atom. The topological polar surface area (TPSA) is 149 Å². The van der Waals surface area contributed by atoms with E-state index in [-0.39, 0.29) is 24.7 Å². The molecule has 34 heavy (non-hydrogen) atoms. The zero-order chi connectivity index (χ0) is 25.2. The van der Waals surface area contributed by atoms with Crippen LogP contribution in [0.4, 0.5) is 0 Å². The second kappa shape index (κ2) is 8.32. The summed E-state index contributed by atoms with van der Waals surface area (Å²) in [7, 11) is 0. The maximum absolute atomic E-state index is 13.4. The molecule has 8 atom stereocenters. The molecule has 2 aliphatic heterocycles. The molecule has 2 saturated heterocycles. The van der Waals surface area contributed by atoms with E-state index in [9.17, 15) is 39.0 Å². The first-order chi connectivity index (χ1) is 15.9. The Kier molecular flexibility index (Phi) is 5.90. The minimum Gasteiger partial charge on any atom is -0.480 e. The largest absolute Gasteiger partial charge is 0.480 e. The number of hydrogen-bond donors (Lipinski definition) is 2. The van der Waals surface area contributed by atoms with E-state index in [0.717, 1.165) is 9.80 Å². The van der Waals surface area contributed by atoms with Gasteiger partial charge in [0.1, 0.15) is 12.1 Å². The third-order valence-electron chi connectivity index (χ3n) is 7.66. The number of rotatable bonds is 8. The van der Waals surface area contributed by atoms with E-state index in [1.54, 1.807) is 39.8 Å². The smallest absolute Gasteiger partial charge is 0.326 e. The Hall–Kier alpha value is -3.04. The lowest BCUT2D eigenvalue weighted by molar-refractivity contribution is -0.156. The van der Waals surface area contributed by atoms with Gasteiger partial charge in [0, 0.05) is 11.8 Å². The molecule has 2 unspecified atom stereocenters. The predicted molar refractivity (Wildman–Crippen MR) is 116 cm³/mol. The van der Waals surface area contributed by atoms with Crippen molar-refractivity contribution in [1.29, 1.82) is 0 Å². The highest BCUT2D eigenvalue weighted by Gasteiger charge is 2.70. The number of likely N-dealkylation sites (tertiary alicyclic amines) is 2. The molecule has 2 heterocycles. The minimum atomic E-state index is -1.31. The molecule has 3 aliphatic carbocycles. The number of carboxylic acid groups (broad SMARTS) is 2. The van der Waals surface area contributed by atoms with Crippen LogP contribution in [-0.2, 0) is 28.8 Å². The molecule has 2 N–H and O–H groups in total. The molecule has 1 saturated carbocycles. The second-order valence-electron chi connectivity index (χ2n) is 10.7. The van der Waals surface area contributed by atoms with Crippen LogP contribution in [0, 0.1) is 47.3 Å². The van der Waals surface area contributed by atoms with Crippen molar-refractivity contribution in [2.75, 3.05) is 0 Å². The maximum atomic E-state index is 13.4. The molecule has 0 aromatic carbocycles. The molecule has 5 rings (SSSR count). The van der Waals surface area contributed by atoms with Crippen molar-refractivity contribution in [2.45, 2.75) is 52.6 Å². The van der Waals surface area contributed by atoms with Crippen molar-refractivity contribution in [3.8, 4) is 0 Å². The van der Waals surface area contributed by atoms with Gasteiger partial charge in [-0.05, 0) is 24.7 Å². The summed E-state index contributed by atoms with van der Waals surface area (Å²) in [6.45, 7) is 7.19. The van der Waals surface area contributed by atoms with Gasteiger partial charge in [0.2, 0.25) is 23.6 Å². The monoisotopic (exact) mass is 474 g/mol. The third-order valence-corrected chi connectivity index (χ3v) is 7.66. The normalized spacial score (nSPS) is 33.7. The number of carbonyl (C=O) groups is 6. The molecule has 4 amide bonds. The van der Waals surface area contributed by atoms with E-state index in [1.165, 1.54) is 0 Å². The molecule has 0 radical (unpaired) electrons. The van der Waals surface area contributed by atoms with Crippen LogP contribution in [0.1, 0.15) is 40.5 Å². The fourth-order valence-electron chi connectivity index (χ4n) is 6.41. The van der Waals surface area contributed by atoms with Gasteiger partial charge in [-0.25, -0.2) is 9.59 Å². The predicted octanol–water partition coefficient (Wildman–Crippen LogP) is 1.00. The third kappa shape index (κ3) is 3.37. The molecule has 2 bridgehead atoms. The molecule has 184 valence electrons. The van der Waals surface area contributed by atoms with Crippen molar-refractivity contribution in [3.05, 3.63) is 12.2 Å². The van der Waals surface area contributed by atoms with Crippen LogP contribution in [0.2, 0.25) is 0 Å². The van der Waals surface area contributed by atoms with E-state index in [4.69, 9.17) is 0 Å². The van der Waals surface area contributed by atoms with Crippen LogP contribution in [0.5, 0.6) is 0 Å². The van der Waals surface area contributed by atoms with Crippen LogP contribution < -0.4 is 0 Å². The summed E-state index contributed by atoms with van der Waals surface area (Å²) < 4.78 is 0. The lowest BCUT2D eigenvalue weighted by Crippen LogP contribution is -2.50. The Morgan fingerprint density at radius 1 is 0.676 bits per heavy atom. The first kappa shape index (κ1) is 24.1. The molecule has 0 aromatic rings. The molecule has 3 fully saturated rings. The van der Waals surface area contributed by atoms with Crippen molar-refractivity contribution in [2.24, 2.45) is 47.3 Å². The highest BCUT2D eigenvalue weighted by atomic mass is 16.4. The molecule has 0 aromatic heterocycles. The highest BCUT2D eigenvalue weighted by molar-refractivity contribution is 6.13. The van der Waals surface area contributed by atoms with E-state index >= 15 is 0 Å². The lowest BCUT2D eigenvalue weighted by Gasteiger charge is -2.44. The molecule has 10 heteroatoms. The van der Waals surface area contributed by atoms with Gasteiger partial charge < -0.3 is 10.2 Å². The van der Waals surface area contributed by atoms with E-state index in [0.29, 0.717) is 0 Å². The standard InChI is InChI=1S/C24H30N2O8/c1-9(2)7-13(23(31)32)25-19(27)15-11-5-6-12(16(15)20(25)28)18-17(11)21(29)26(22(18)30)14(24(33)34)8-10(3)4/h5-6,9-18H,7-8H2,1-4H3,(H,31,32)(H,33,34)/t11?,12?,13-,14-,15-,16+,17+,18+/m1/s1. The summed E-state index contributed by atoms with van der Waals surface area (Å²) in [5.74, 6) is -10.4. The summed E-state index contributed by atoms with van der Waals surface area (Å²) in [6.07, 6.45) is 3.55.